The number of ether oxygens (including phenoxy) is 1. The van der Waals surface area contributed by atoms with Crippen LogP contribution in [-0.4, -0.2) is 15.5 Å². The number of nitrogens with one attached hydrogen (secondary N) is 1. The van der Waals surface area contributed by atoms with Gasteiger partial charge in [0.25, 0.3) is 0 Å². The zero-order valence-corrected chi connectivity index (χ0v) is 15.0. The second-order valence-electron chi connectivity index (χ2n) is 5.08. The Kier molecular flexibility index (Phi) is 5.92. The van der Waals surface area contributed by atoms with Crippen LogP contribution in [0.15, 0.2) is 42.5 Å². The maximum Gasteiger partial charge on any atom is 0.216 e. The molecule has 0 heterocycles. The topological polar surface area (TPSA) is 55.4 Å². The highest BCUT2D eigenvalue weighted by atomic mass is 35.5. The highest BCUT2D eigenvalue weighted by molar-refractivity contribution is 7.88. The first-order valence-corrected chi connectivity index (χ1v) is 9.30. The van der Waals surface area contributed by atoms with Crippen LogP contribution in [0.1, 0.15) is 24.1 Å². The molecule has 0 spiro atoms. The van der Waals surface area contributed by atoms with Crippen LogP contribution in [-0.2, 0) is 15.8 Å². The molecule has 2 aromatic rings. The van der Waals surface area contributed by atoms with E-state index >= 15 is 0 Å². The van der Waals surface area contributed by atoms with Crippen molar-refractivity contribution in [3.05, 3.63) is 63.6 Å². The smallest absolute Gasteiger partial charge is 0.216 e. The fraction of sp³-hybridized carbons (Fsp3) is 0.250. The number of hydrogen-bond acceptors (Lipinski definition) is 3. The van der Waals surface area contributed by atoms with Gasteiger partial charge in [-0.1, -0.05) is 47.5 Å². The summed E-state index contributed by atoms with van der Waals surface area (Å²) in [7, 11) is -2.03. The number of sulfonamides is 1. The summed E-state index contributed by atoms with van der Waals surface area (Å²) in [5.41, 5.74) is 1.26. The number of halogens is 2. The first-order valence-electron chi connectivity index (χ1n) is 6.89. The summed E-state index contributed by atoms with van der Waals surface area (Å²) >= 11 is 11.9. The van der Waals surface area contributed by atoms with Crippen molar-refractivity contribution < 1.29 is 13.2 Å². The van der Waals surface area contributed by atoms with Crippen LogP contribution in [0.3, 0.4) is 0 Å². The predicted molar refractivity (Wildman–Crippen MR) is 93.6 cm³/mol. The van der Waals surface area contributed by atoms with Crippen molar-refractivity contribution in [3.8, 4) is 5.75 Å². The lowest BCUT2D eigenvalue weighted by Crippen LogP contribution is -2.28. The Morgan fingerprint density at radius 2 is 1.87 bits per heavy atom. The molecule has 1 N–H and O–H groups in total. The molecule has 23 heavy (non-hydrogen) atoms. The molecule has 0 saturated heterocycles. The molecule has 0 bridgehead atoms. The summed E-state index contributed by atoms with van der Waals surface area (Å²) in [6.45, 7) is 1.76. The highest BCUT2D eigenvalue weighted by Gasteiger charge is 2.20. The van der Waals surface area contributed by atoms with Crippen LogP contribution >= 0.6 is 23.2 Å². The van der Waals surface area contributed by atoms with E-state index in [1.54, 1.807) is 32.2 Å². The van der Waals surface area contributed by atoms with Crippen molar-refractivity contribution in [3.63, 3.8) is 0 Å². The number of benzene rings is 2. The van der Waals surface area contributed by atoms with Gasteiger partial charge in [0.2, 0.25) is 10.0 Å². The molecular formula is C16H17Cl2NO3S. The molecule has 4 nitrogen and oxygen atoms in total. The van der Waals surface area contributed by atoms with E-state index in [1.165, 1.54) is 6.07 Å². The normalized spacial score (nSPS) is 12.9. The molecule has 2 aromatic carbocycles. The minimum Gasteiger partial charge on any atom is -0.496 e. The number of hydrogen-bond donors (Lipinski definition) is 1. The van der Waals surface area contributed by atoms with Crippen molar-refractivity contribution >= 4 is 33.2 Å². The van der Waals surface area contributed by atoms with Gasteiger partial charge >= 0.3 is 0 Å². The monoisotopic (exact) mass is 373 g/mol. The Balaban J connectivity index is 2.17. The van der Waals surface area contributed by atoms with Gasteiger partial charge in [0, 0.05) is 21.7 Å². The van der Waals surface area contributed by atoms with Crippen LogP contribution in [0.25, 0.3) is 0 Å². The Bertz CT molecular complexity index is 794. The standard InChI is InChI=1S/C16H17Cl2NO3S/c1-11(14-5-3-4-6-16(14)22-2)19-23(20,21)10-12-7-8-13(17)9-15(12)18/h3-9,11,19H,10H2,1-2H3/t11-/m0/s1. The fourth-order valence-corrected chi connectivity index (χ4v) is 4.21. The first-order chi connectivity index (χ1) is 10.8. The van der Waals surface area contributed by atoms with E-state index in [0.717, 1.165) is 5.56 Å². The minimum atomic E-state index is -3.58. The van der Waals surface area contributed by atoms with Gasteiger partial charge in [-0.2, -0.15) is 0 Å². The van der Waals surface area contributed by atoms with Gasteiger partial charge in [-0.25, -0.2) is 13.1 Å². The van der Waals surface area contributed by atoms with Crippen molar-refractivity contribution in [1.29, 1.82) is 0 Å². The van der Waals surface area contributed by atoms with Crippen molar-refractivity contribution in [1.82, 2.24) is 4.72 Å². The molecule has 2 rings (SSSR count). The third-order valence-electron chi connectivity index (χ3n) is 3.32. The van der Waals surface area contributed by atoms with E-state index in [1.807, 2.05) is 18.2 Å². The van der Waals surface area contributed by atoms with E-state index in [4.69, 9.17) is 27.9 Å². The van der Waals surface area contributed by atoms with Crippen LogP contribution in [0.5, 0.6) is 5.75 Å². The number of methoxy groups -OCH3 is 1. The van der Waals surface area contributed by atoms with Gasteiger partial charge in [0.05, 0.1) is 12.9 Å². The molecule has 0 radical (unpaired) electrons. The molecular weight excluding hydrogens is 357 g/mol. The van der Waals surface area contributed by atoms with Crippen LogP contribution in [0.4, 0.5) is 0 Å². The lowest BCUT2D eigenvalue weighted by molar-refractivity contribution is 0.405. The van der Waals surface area contributed by atoms with E-state index in [-0.39, 0.29) is 5.75 Å². The number of para-hydroxylation sites is 1. The largest absolute Gasteiger partial charge is 0.496 e. The first kappa shape index (κ1) is 18.1. The van der Waals surface area contributed by atoms with Crippen molar-refractivity contribution in [2.75, 3.05) is 7.11 Å². The maximum atomic E-state index is 12.4. The molecule has 7 heteroatoms. The van der Waals surface area contributed by atoms with E-state index in [2.05, 4.69) is 4.72 Å². The molecule has 0 amide bonds. The summed E-state index contributed by atoms with van der Waals surface area (Å²) in [6.07, 6.45) is 0. The summed E-state index contributed by atoms with van der Waals surface area (Å²) in [5.74, 6) is 0.412. The molecule has 1 atom stereocenters. The van der Waals surface area contributed by atoms with Crippen LogP contribution < -0.4 is 9.46 Å². The average Bonchev–Trinajstić information content (AvgIpc) is 2.49. The molecule has 0 aliphatic rings. The SMILES string of the molecule is COc1ccccc1[C@H](C)NS(=O)(=O)Cc1ccc(Cl)cc1Cl. The van der Waals surface area contributed by atoms with Gasteiger partial charge < -0.3 is 4.74 Å². The fourth-order valence-electron chi connectivity index (χ4n) is 2.24. The van der Waals surface area contributed by atoms with Crippen LogP contribution in [0, 0.1) is 0 Å². The summed E-state index contributed by atoms with van der Waals surface area (Å²) in [4.78, 5) is 0. The highest BCUT2D eigenvalue weighted by Crippen LogP contribution is 2.26. The van der Waals surface area contributed by atoms with Crippen LogP contribution in [0.2, 0.25) is 10.0 Å². The summed E-state index contributed by atoms with van der Waals surface area (Å²) in [5, 5.41) is 0.791. The zero-order chi connectivity index (χ0) is 17.0. The molecule has 0 aromatic heterocycles. The Labute approximate surface area is 146 Å². The van der Waals surface area contributed by atoms with Gasteiger partial charge in [-0.3, -0.25) is 0 Å². The van der Waals surface area contributed by atoms with Gasteiger partial charge in [-0.15, -0.1) is 0 Å². The molecule has 0 aliphatic carbocycles. The maximum absolute atomic E-state index is 12.4. The second kappa shape index (κ2) is 7.53. The lowest BCUT2D eigenvalue weighted by atomic mass is 10.1. The molecule has 0 unspecified atom stereocenters. The van der Waals surface area contributed by atoms with E-state index in [9.17, 15) is 8.42 Å². The molecule has 0 saturated carbocycles. The Hall–Kier alpha value is -1.27. The zero-order valence-electron chi connectivity index (χ0n) is 12.7. The minimum absolute atomic E-state index is 0.220. The van der Waals surface area contributed by atoms with Crippen molar-refractivity contribution in [2.45, 2.75) is 18.7 Å². The molecule has 0 fully saturated rings. The third kappa shape index (κ3) is 4.85. The predicted octanol–water partition coefficient (Wildman–Crippen LogP) is 4.18. The summed E-state index contributed by atoms with van der Waals surface area (Å²) < 4.78 is 32.7. The second-order valence-corrected chi connectivity index (χ2v) is 7.67. The van der Waals surface area contributed by atoms with E-state index in [0.29, 0.717) is 21.4 Å². The van der Waals surface area contributed by atoms with E-state index < -0.39 is 16.1 Å². The Morgan fingerprint density at radius 1 is 1.17 bits per heavy atom. The Morgan fingerprint density at radius 3 is 2.52 bits per heavy atom. The third-order valence-corrected chi connectivity index (χ3v) is 5.31. The summed E-state index contributed by atoms with van der Waals surface area (Å²) in [6, 6.07) is 11.6. The van der Waals surface area contributed by atoms with Gasteiger partial charge in [-0.05, 0) is 30.7 Å². The van der Waals surface area contributed by atoms with Crippen molar-refractivity contribution in [2.24, 2.45) is 0 Å². The number of rotatable bonds is 6. The van der Waals surface area contributed by atoms with Gasteiger partial charge in [0.1, 0.15) is 5.75 Å². The van der Waals surface area contributed by atoms with Gasteiger partial charge in [0.15, 0.2) is 0 Å². The molecule has 124 valence electrons. The molecule has 0 aliphatic heterocycles. The lowest BCUT2D eigenvalue weighted by Gasteiger charge is -2.17. The quantitative estimate of drug-likeness (QED) is 0.825. The average molecular weight is 374 g/mol.